The number of amides is 1. The van der Waals surface area contributed by atoms with E-state index < -0.39 is 6.04 Å². The number of aromatic nitrogens is 2. The van der Waals surface area contributed by atoms with Gasteiger partial charge in [0.05, 0.1) is 18.3 Å². The zero-order chi connectivity index (χ0) is 20.9. The van der Waals surface area contributed by atoms with Crippen LogP contribution >= 0.6 is 11.6 Å². The van der Waals surface area contributed by atoms with Gasteiger partial charge in [0.25, 0.3) is 5.91 Å². The van der Waals surface area contributed by atoms with E-state index in [0.29, 0.717) is 10.7 Å². The van der Waals surface area contributed by atoms with Gasteiger partial charge in [0.1, 0.15) is 5.69 Å². The van der Waals surface area contributed by atoms with E-state index in [0.717, 1.165) is 53.6 Å². The van der Waals surface area contributed by atoms with Crippen LogP contribution in [0.5, 0.6) is 0 Å². The lowest BCUT2D eigenvalue weighted by Gasteiger charge is -2.16. The molecule has 3 aromatic rings. The molecule has 0 unspecified atom stereocenters. The summed E-state index contributed by atoms with van der Waals surface area (Å²) in [4.78, 5) is 13.0. The molecule has 0 bridgehead atoms. The Bertz CT molecular complexity index is 1060. The maximum atomic E-state index is 13.0. The summed E-state index contributed by atoms with van der Waals surface area (Å²) in [5.41, 5.74) is 5.23. The number of nitrogens with zero attached hydrogens (tertiary/aromatic N) is 1. The Labute approximate surface area is 180 Å². The summed E-state index contributed by atoms with van der Waals surface area (Å²) in [7, 11) is 0. The molecule has 0 aliphatic heterocycles. The Morgan fingerprint density at radius 3 is 2.73 bits per heavy atom. The number of H-pyrrole nitrogens is 1. The summed E-state index contributed by atoms with van der Waals surface area (Å²) < 4.78 is 0. The molecule has 0 saturated heterocycles. The van der Waals surface area contributed by atoms with Gasteiger partial charge in [-0.2, -0.15) is 5.10 Å². The third-order valence-electron chi connectivity index (χ3n) is 5.40. The predicted octanol–water partition coefficient (Wildman–Crippen LogP) is 4.79. The molecular weight excluding hydrogens is 398 g/mol. The molecule has 1 heterocycles. The van der Waals surface area contributed by atoms with Gasteiger partial charge < -0.3 is 10.4 Å². The average molecular weight is 422 g/mol. The van der Waals surface area contributed by atoms with Crippen LogP contribution in [0, 0.1) is 0 Å². The van der Waals surface area contributed by atoms with Gasteiger partial charge in [0.15, 0.2) is 0 Å². The Morgan fingerprint density at radius 1 is 1.17 bits per heavy atom. The van der Waals surface area contributed by atoms with Gasteiger partial charge in [0.2, 0.25) is 0 Å². The highest BCUT2D eigenvalue weighted by atomic mass is 35.5. The molecule has 0 saturated carbocycles. The highest BCUT2D eigenvalue weighted by Crippen LogP contribution is 2.32. The van der Waals surface area contributed by atoms with E-state index in [1.54, 1.807) is 0 Å². The minimum Gasteiger partial charge on any atom is -0.394 e. The first-order chi connectivity index (χ1) is 14.7. The fraction of sp³-hybridized carbons (Fsp3) is 0.250. The molecule has 0 radical (unpaired) electrons. The number of halogens is 1. The minimum absolute atomic E-state index is 0.175. The SMILES string of the molecule is O=C(N[C@@H](CO)c1ccccc1)c1[nH]nc2c1CCCCC2=Cc1cccc(Cl)c1. The molecule has 30 heavy (non-hydrogen) atoms. The number of aliphatic hydroxyl groups excluding tert-OH is 1. The second-order valence-corrected chi connectivity index (χ2v) is 7.91. The number of allylic oxidation sites excluding steroid dienone is 1. The zero-order valence-corrected chi connectivity index (χ0v) is 17.3. The molecule has 5 nitrogen and oxygen atoms in total. The Morgan fingerprint density at radius 2 is 1.97 bits per heavy atom. The lowest BCUT2D eigenvalue weighted by molar-refractivity contribution is 0.0910. The van der Waals surface area contributed by atoms with Crippen molar-refractivity contribution in [3.63, 3.8) is 0 Å². The fourth-order valence-corrected chi connectivity index (χ4v) is 4.08. The summed E-state index contributed by atoms with van der Waals surface area (Å²) in [5.74, 6) is -0.254. The number of carbonyl (C=O) groups excluding carboxylic acids is 1. The standard InChI is InChI=1S/C24H24ClN3O2/c25-19-11-6-7-16(14-19)13-18-10-4-5-12-20-22(18)27-28-23(20)24(30)26-21(15-29)17-8-2-1-3-9-17/h1-3,6-9,11,13-14,21,29H,4-5,10,12,15H2,(H,26,30)(H,27,28)/t21-/m0/s1. The van der Waals surface area contributed by atoms with E-state index in [1.165, 1.54) is 0 Å². The minimum atomic E-state index is -0.468. The van der Waals surface area contributed by atoms with Crippen molar-refractivity contribution in [1.29, 1.82) is 0 Å². The van der Waals surface area contributed by atoms with Crippen LogP contribution in [-0.2, 0) is 6.42 Å². The number of aliphatic hydroxyl groups is 1. The van der Waals surface area contributed by atoms with E-state index >= 15 is 0 Å². The van der Waals surface area contributed by atoms with Gasteiger partial charge >= 0.3 is 0 Å². The van der Waals surface area contributed by atoms with Gasteiger partial charge in [-0.1, -0.05) is 54.1 Å². The molecule has 0 spiro atoms. The highest BCUT2D eigenvalue weighted by Gasteiger charge is 2.25. The summed E-state index contributed by atoms with van der Waals surface area (Å²) in [6.45, 7) is -0.175. The van der Waals surface area contributed by atoms with E-state index in [2.05, 4.69) is 21.6 Å². The number of carbonyl (C=O) groups is 1. The van der Waals surface area contributed by atoms with E-state index in [-0.39, 0.29) is 12.5 Å². The topological polar surface area (TPSA) is 78.0 Å². The number of hydrogen-bond acceptors (Lipinski definition) is 3. The average Bonchev–Trinajstić information content (AvgIpc) is 3.09. The maximum Gasteiger partial charge on any atom is 0.270 e. The lowest BCUT2D eigenvalue weighted by atomic mass is 10.0. The summed E-state index contributed by atoms with van der Waals surface area (Å²) >= 11 is 6.13. The monoisotopic (exact) mass is 421 g/mol. The van der Waals surface area contributed by atoms with Crippen molar-refractivity contribution >= 4 is 29.2 Å². The van der Waals surface area contributed by atoms with Gasteiger partial charge in [-0.3, -0.25) is 9.89 Å². The third kappa shape index (κ3) is 4.48. The Balaban J connectivity index is 1.62. The normalized spacial score (nSPS) is 16.0. The van der Waals surface area contributed by atoms with Gasteiger partial charge in [-0.05, 0) is 60.6 Å². The van der Waals surface area contributed by atoms with Crippen molar-refractivity contribution < 1.29 is 9.90 Å². The van der Waals surface area contributed by atoms with Crippen molar-refractivity contribution in [3.05, 3.63) is 87.7 Å². The van der Waals surface area contributed by atoms with Gasteiger partial charge in [-0.15, -0.1) is 0 Å². The highest BCUT2D eigenvalue weighted by molar-refractivity contribution is 6.30. The lowest BCUT2D eigenvalue weighted by Crippen LogP contribution is -2.31. The Hall–Kier alpha value is -2.89. The number of aromatic amines is 1. The first-order valence-corrected chi connectivity index (χ1v) is 10.5. The van der Waals surface area contributed by atoms with Crippen LogP contribution in [0.15, 0.2) is 54.6 Å². The third-order valence-corrected chi connectivity index (χ3v) is 5.64. The second-order valence-electron chi connectivity index (χ2n) is 7.48. The van der Waals surface area contributed by atoms with Gasteiger partial charge in [0, 0.05) is 10.6 Å². The maximum absolute atomic E-state index is 13.0. The van der Waals surface area contributed by atoms with Crippen LogP contribution in [0.2, 0.25) is 5.02 Å². The molecule has 154 valence electrons. The molecule has 4 rings (SSSR count). The second kappa shape index (κ2) is 9.28. The van der Waals surface area contributed by atoms with Crippen molar-refractivity contribution in [3.8, 4) is 0 Å². The van der Waals surface area contributed by atoms with Crippen molar-refractivity contribution in [1.82, 2.24) is 15.5 Å². The predicted molar refractivity (Wildman–Crippen MR) is 119 cm³/mol. The van der Waals surface area contributed by atoms with E-state index in [9.17, 15) is 9.90 Å². The molecule has 1 amide bonds. The molecule has 0 fully saturated rings. The molecule has 1 atom stereocenters. The first kappa shape index (κ1) is 20.4. The smallest absolute Gasteiger partial charge is 0.270 e. The molecule has 1 aromatic heterocycles. The molecule has 6 heteroatoms. The Kier molecular flexibility index (Phi) is 6.31. The van der Waals surface area contributed by atoms with Crippen LogP contribution in [0.25, 0.3) is 11.6 Å². The molecular formula is C24H24ClN3O2. The number of hydrogen-bond donors (Lipinski definition) is 3. The molecule has 1 aliphatic carbocycles. The number of nitrogens with one attached hydrogen (secondary N) is 2. The summed E-state index contributed by atoms with van der Waals surface area (Å²) in [6.07, 6.45) is 5.80. The van der Waals surface area contributed by atoms with Crippen LogP contribution < -0.4 is 5.32 Å². The summed E-state index contributed by atoms with van der Waals surface area (Å²) in [5, 5.41) is 20.8. The van der Waals surface area contributed by atoms with Gasteiger partial charge in [-0.25, -0.2) is 0 Å². The quantitative estimate of drug-likeness (QED) is 0.518. The molecule has 1 aliphatic rings. The zero-order valence-electron chi connectivity index (χ0n) is 16.6. The van der Waals surface area contributed by atoms with Crippen LogP contribution in [0.1, 0.15) is 58.2 Å². The van der Waals surface area contributed by atoms with Crippen molar-refractivity contribution in [2.45, 2.75) is 31.7 Å². The van der Waals surface area contributed by atoms with Crippen molar-refractivity contribution in [2.75, 3.05) is 6.61 Å². The number of fused-ring (bicyclic) bond motifs is 1. The fourth-order valence-electron chi connectivity index (χ4n) is 3.89. The van der Waals surface area contributed by atoms with Crippen LogP contribution in [-0.4, -0.2) is 27.8 Å². The largest absolute Gasteiger partial charge is 0.394 e. The van der Waals surface area contributed by atoms with Crippen LogP contribution in [0.4, 0.5) is 0 Å². The summed E-state index contributed by atoms with van der Waals surface area (Å²) in [6, 6.07) is 16.7. The van der Waals surface area contributed by atoms with E-state index in [4.69, 9.17) is 11.6 Å². The number of rotatable bonds is 5. The van der Waals surface area contributed by atoms with Crippen molar-refractivity contribution in [2.24, 2.45) is 0 Å². The molecule has 3 N–H and O–H groups in total. The van der Waals surface area contributed by atoms with E-state index in [1.807, 2.05) is 54.6 Å². The molecule has 2 aromatic carbocycles. The van der Waals surface area contributed by atoms with Crippen LogP contribution in [0.3, 0.4) is 0 Å². The number of benzene rings is 2. The first-order valence-electron chi connectivity index (χ1n) is 10.2.